The van der Waals surface area contributed by atoms with Gasteiger partial charge in [0, 0.05) is 0 Å². The van der Waals surface area contributed by atoms with Crippen molar-refractivity contribution in [2.75, 3.05) is 21.1 Å². The molecule has 0 aromatic heterocycles. The molecule has 0 aliphatic heterocycles. The van der Waals surface area contributed by atoms with E-state index in [1.807, 2.05) is 0 Å². The van der Waals surface area contributed by atoms with Crippen molar-refractivity contribution >= 4 is 26.1 Å². The van der Waals surface area contributed by atoms with Crippen molar-refractivity contribution in [1.82, 2.24) is 9.80 Å². The summed E-state index contributed by atoms with van der Waals surface area (Å²) >= 11 is 2.11. The minimum absolute atomic E-state index is 0.0142. The van der Waals surface area contributed by atoms with Gasteiger partial charge >= 0.3 is 111 Å². The molecular weight excluding hydrogens is 352 g/mol. The van der Waals surface area contributed by atoms with Gasteiger partial charge in [-0.25, -0.2) is 0 Å². The summed E-state index contributed by atoms with van der Waals surface area (Å²) < 4.78 is 86.7. The van der Waals surface area contributed by atoms with Gasteiger partial charge in [-0.1, -0.05) is 0 Å². The Kier molecular flexibility index (Phi) is 5.05. The average molecular weight is 361 g/mol. The summed E-state index contributed by atoms with van der Waals surface area (Å²) in [7, 11) is 3.19. The van der Waals surface area contributed by atoms with Crippen LogP contribution in [0.5, 0.6) is 0 Å². The number of carbonyl (C=O) groups excluding carboxylic acids is 1. The van der Waals surface area contributed by atoms with Crippen molar-refractivity contribution in [3.8, 4) is 0 Å². The SMILES string of the molecule is CN(C)C(=[Se])N(C)C(=O)C(F)(F)C(F)(F)C(F)(F)F. The van der Waals surface area contributed by atoms with Crippen LogP contribution in [0.15, 0.2) is 0 Å². The second-order valence-electron chi connectivity index (χ2n) is 3.69. The van der Waals surface area contributed by atoms with Crippen molar-refractivity contribution in [3.63, 3.8) is 0 Å². The second kappa shape index (κ2) is 5.28. The Morgan fingerprint density at radius 3 is 1.58 bits per heavy atom. The maximum absolute atomic E-state index is 13.1. The molecule has 11 heteroatoms. The van der Waals surface area contributed by atoms with Crippen LogP contribution in [-0.4, -0.2) is 75.1 Å². The van der Waals surface area contributed by atoms with E-state index in [9.17, 15) is 35.5 Å². The standard InChI is InChI=1S/C8H9F7N2OSe/c1-16(2)5(19)17(3)4(18)6(9,10)7(11,12)8(13,14)15/h1-3H3. The molecule has 0 radical (unpaired) electrons. The molecule has 0 heterocycles. The van der Waals surface area contributed by atoms with Crippen LogP contribution in [0.2, 0.25) is 0 Å². The molecule has 0 bridgehead atoms. The Bertz CT molecular complexity index is 380. The van der Waals surface area contributed by atoms with Gasteiger partial charge in [0.05, 0.1) is 0 Å². The summed E-state index contributed by atoms with van der Waals surface area (Å²) in [6.45, 7) is 0. The van der Waals surface area contributed by atoms with Gasteiger partial charge in [0.2, 0.25) is 0 Å². The van der Waals surface area contributed by atoms with Gasteiger partial charge in [-0.2, -0.15) is 0 Å². The predicted molar refractivity (Wildman–Crippen MR) is 53.2 cm³/mol. The van der Waals surface area contributed by atoms with E-state index in [0.29, 0.717) is 7.05 Å². The first kappa shape index (κ1) is 18.2. The Labute approximate surface area is 111 Å². The number of alkyl halides is 7. The molecule has 0 unspecified atom stereocenters. The molecule has 0 aliphatic rings. The zero-order valence-electron chi connectivity index (χ0n) is 9.86. The van der Waals surface area contributed by atoms with Crippen LogP contribution in [0.3, 0.4) is 0 Å². The molecular formula is C8H9F7N2OSe. The van der Waals surface area contributed by atoms with Crippen molar-refractivity contribution in [2.24, 2.45) is 0 Å². The van der Waals surface area contributed by atoms with E-state index in [0.717, 1.165) is 4.90 Å². The van der Waals surface area contributed by atoms with E-state index in [4.69, 9.17) is 0 Å². The third kappa shape index (κ3) is 3.19. The van der Waals surface area contributed by atoms with Gasteiger partial charge in [-0.15, -0.1) is 0 Å². The van der Waals surface area contributed by atoms with Crippen LogP contribution in [0.25, 0.3) is 0 Å². The molecule has 0 aromatic carbocycles. The van der Waals surface area contributed by atoms with Crippen molar-refractivity contribution in [3.05, 3.63) is 0 Å². The first-order chi connectivity index (χ1) is 8.18. The zero-order valence-corrected chi connectivity index (χ0v) is 11.6. The number of halogens is 7. The summed E-state index contributed by atoms with van der Waals surface area (Å²) in [6.07, 6.45) is -6.54. The molecule has 0 saturated carbocycles. The first-order valence-electron chi connectivity index (χ1n) is 4.49. The molecule has 0 saturated heterocycles. The second-order valence-corrected chi connectivity index (χ2v) is 4.45. The molecule has 0 spiro atoms. The number of amides is 1. The molecule has 0 aromatic rings. The molecule has 19 heavy (non-hydrogen) atoms. The predicted octanol–water partition coefficient (Wildman–Crippen LogP) is 1.10. The Morgan fingerprint density at radius 2 is 1.32 bits per heavy atom. The zero-order chi connectivity index (χ0) is 15.8. The van der Waals surface area contributed by atoms with Crippen LogP contribution in [-0.2, 0) is 4.79 Å². The number of nitrogens with zero attached hydrogens (tertiary/aromatic N) is 2. The summed E-state index contributed by atoms with van der Waals surface area (Å²) in [5, 5.41) is 0. The van der Waals surface area contributed by atoms with E-state index < -0.39 is 23.9 Å². The fourth-order valence-electron chi connectivity index (χ4n) is 0.910. The normalized spacial score (nSPS) is 13.2. The van der Waals surface area contributed by atoms with Crippen molar-refractivity contribution < 1.29 is 35.5 Å². The van der Waals surface area contributed by atoms with Crippen LogP contribution < -0.4 is 0 Å². The van der Waals surface area contributed by atoms with Gasteiger partial charge in [0.25, 0.3) is 0 Å². The van der Waals surface area contributed by atoms with Crippen LogP contribution in [0.4, 0.5) is 30.7 Å². The van der Waals surface area contributed by atoms with Gasteiger partial charge in [-0.05, 0) is 0 Å². The molecule has 0 rings (SSSR count). The number of rotatable bonds is 4. The Morgan fingerprint density at radius 1 is 0.947 bits per heavy atom. The number of hydrogen-bond acceptors (Lipinski definition) is 2. The molecule has 0 N–H and O–H groups in total. The molecule has 3 nitrogen and oxygen atoms in total. The van der Waals surface area contributed by atoms with E-state index >= 15 is 0 Å². The fourth-order valence-corrected chi connectivity index (χ4v) is 1.08. The van der Waals surface area contributed by atoms with Crippen LogP contribution in [0.1, 0.15) is 0 Å². The van der Waals surface area contributed by atoms with Gasteiger partial charge in [-0.3, -0.25) is 0 Å². The average Bonchev–Trinajstić information content (AvgIpc) is 2.23. The van der Waals surface area contributed by atoms with E-state index in [1.165, 1.54) is 14.1 Å². The third-order valence-corrected chi connectivity index (χ3v) is 3.33. The van der Waals surface area contributed by atoms with E-state index in [-0.39, 0.29) is 9.57 Å². The number of carbonyl (C=O) groups is 1. The number of hydrogen-bond donors (Lipinski definition) is 0. The van der Waals surface area contributed by atoms with Crippen molar-refractivity contribution in [2.45, 2.75) is 18.0 Å². The molecule has 0 atom stereocenters. The molecule has 0 aliphatic carbocycles. The van der Waals surface area contributed by atoms with E-state index in [1.54, 1.807) is 0 Å². The van der Waals surface area contributed by atoms with Gasteiger partial charge < -0.3 is 0 Å². The molecule has 112 valence electrons. The quantitative estimate of drug-likeness (QED) is 0.553. The third-order valence-electron chi connectivity index (χ3n) is 1.99. The van der Waals surface area contributed by atoms with Gasteiger partial charge in [0.1, 0.15) is 0 Å². The Hall–Kier alpha value is -0.831. The summed E-state index contributed by atoms with van der Waals surface area (Å²) in [4.78, 5) is 12.2. The Balaban J connectivity index is 5.45. The molecule has 0 fully saturated rings. The molecule has 1 amide bonds. The minimum atomic E-state index is -6.54. The summed E-state index contributed by atoms with van der Waals surface area (Å²) in [5.41, 5.74) is 0. The van der Waals surface area contributed by atoms with E-state index in [2.05, 4.69) is 15.6 Å². The van der Waals surface area contributed by atoms with Gasteiger partial charge in [0.15, 0.2) is 0 Å². The monoisotopic (exact) mass is 362 g/mol. The van der Waals surface area contributed by atoms with Crippen LogP contribution >= 0.6 is 0 Å². The van der Waals surface area contributed by atoms with Crippen LogP contribution in [0, 0.1) is 0 Å². The maximum atomic E-state index is 13.1. The first-order valence-corrected chi connectivity index (χ1v) is 5.35. The van der Waals surface area contributed by atoms with Crippen molar-refractivity contribution in [1.29, 1.82) is 0 Å². The topological polar surface area (TPSA) is 23.6 Å². The fraction of sp³-hybridized carbons (Fsp3) is 0.750. The summed E-state index contributed by atoms with van der Waals surface area (Å²) in [6, 6.07) is 0. The summed E-state index contributed by atoms with van der Waals surface area (Å²) in [5.74, 6) is -15.0.